The van der Waals surface area contributed by atoms with Gasteiger partial charge in [-0.15, -0.1) is 0 Å². The van der Waals surface area contributed by atoms with E-state index in [0.29, 0.717) is 6.42 Å². The van der Waals surface area contributed by atoms with Gasteiger partial charge in [0.2, 0.25) is 0 Å². The van der Waals surface area contributed by atoms with Gasteiger partial charge in [0.25, 0.3) is 0 Å². The molecule has 0 aliphatic carbocycles. The Balaban J connectivity index is 1.94. The summed E-state index contributed by atoms with van der Waals surface area (Å²) in [5, 5.41) is 9.27. The highest BCUT2D eigenvalue weighted by atomic mass is 19.1. The summed E-state index contributed by atoms with van der Waals surface area (Å²) in [6.07, 6.45) is 1.56. The van der Waals surface area contributed by atoms with E-state index in [9.17, 15) is 14.3 Å². The Morgan fingerprint density at radius 2 is 1.85 bits per heavy atom. The zero-order chi connectivity index (χ0) is 14.5. The molecule has 1 fully saturated rings. The van der Waals surface area contributed by atoms with Crippen molar-refractivity contribution in [2.75, 3.05) is 31.1 Å². The lowest BCUT2D eigenvalue weighted by Gasteiger charge is -2.38. The molecular formula is C15H21FN2O2. The van der Waals surface area contributed by atoms with Gasteiger partial charge in [0.15, 0.2) is 0 Å². The second kappa shape index (κ2) is 6.70. The number of rotatable bonds is 5. The van der Waals surface area contributed by atoms with Crippen LogP contribution in [0.25, 0.3) is 0 Å². The molecule has 0 bridgehead atoms. The number of carbonyl (C=O) groups is 1. The third-order valence-corrected chi connectivity index (χ3v) is 3.79. The zero-order valence-corrected chi connectivity index (χ0v) is 11.8. The van der Waals surface area contributed by atoms with Crippen LogP contribution in [-0.2, 0) is 4.79 Å². The molecule has 1 N–H and O–H groups in total. The van der Waals surface area contributed by atoms with Gasteiger partial charge in [0, 0.05) is 31.9 Å². The van der Waals surface area contributed by atoms with E-state index in [2.05, 4.69) is 4.90 Å². The molecule has 0 amide bonds. The minimum atomic E-state index is -0.734. The number of piperazine rings is 1. The van der Waals surface area contributed by atoms with E-state index in [4.69, 9.17) is 0 Å². The highest BCUT2D eigenvalue weighted by molar-refractivity contribution is 5.73. The van der Waals surface area contributed by atoms with E-state index in [1.165, 1.54) is 12.1 Å². The largest absolute Gasteiger partial charge is 0.480 e. The summed E-state index contributed by atoms with van der Waals surface area (Å²) in [5.74, 6) is -0.969. The van der Waals surface area contributed by atoms with E-state index in [0.717, 1.165) is 38.3 Å². The Morgan fingerprint density at radius 3 is 2.35 bits per heavy atom. The number of hydrogen-bond donors (Lipinski definition) is 1. The molecule has 1 unspecified atom stereocenters. The van der Waals surface area contributed by atoms with E-state index < -0.39 is 5.97 Å². The van der Waals surface area contributed by atoms with Crippen molar-refractivity contribution in [1.82, 2.24) is 4.90 Å². The van der Waals surface area contributed by atoms with Gasteiger partial charge in [-0.05, 0) is 30.7 Å². The highest BCUT2D eigenvalue weighted by Crippen LogP contribution is 2.19. The molecule has 1 saturated heterocycles. The minimum Gasteiger partial charge on any atom is -0.480 e. The number of nitrogens with zero attached hydrogens (tertiary/aromatic N) is 2. The van der Waals surface area contributed by atoms with Gasteiger partial charge in [-0.2, -0.15) is 0 Å². The molecule has 1 aliphatic heterocycles. The number of carboxylic acids is 1. The van der Waals surface area contributed by atoms with Crippen LogP contribution in [0.3, 0.4) is 0 Å². The van der Waals surface area contributed by atoms with Gasteiger partial charge in [0.1, 0.15) is 11.9 Å². The zero-order valence-electron chi connectivity index (χ0n) is 11.8. The Bertz CT molecular complexity index is 442. The van der Waals surface area contributed by atoms with Crippen molar-refractivity contribution in [1.29, 1.82) is 0 Å². The summed E-state index contributed by atoms with van der Waals surface area (Å²) in [5.41, 5.74) is 0.994. The lowest BCUT2D eigenvalue weighted by atomic mass is 10.1. The Morgan fingerprint density at radius 1 is 1.25 bits per heavy atom. The summed E-state index contributed by atoms with van der Waals surface area (Å²) in [7, 11) is 0. The average molecular weight is 280 g/mol. The number of anilines is 1. The number of hydrogen-bond acceptors (Lipinski definition) is 3. The lowest BCUT2D eigenvalue weighted by molar-refractivity contribution is -0.143. The van der Waals surface area contributed by atoms with E-state index in [1.807, 2.05) is 11.8 Å². The van der Waals surface area contributed by atoms with Crippen LogP contribution < -0.4 is 4.90 Å². The van der Waals surface area contributed by atoms with Crippen molar-refractivity contribution in [2.45, 2.75) is 25.8 Å². The van der Waals surface area contributed by atoms with Crippen molar-refractivity contribution in [3.63, 3.8) is 0 Å². The van der Waals surface area contributed by atoms with Crippen molar-refractivity contribution in [3.8, 4) is 0 Å². The maximum atomic E-state index is 12.9. The number of benzene rings is 1. The average Bonchev–Trinajstić information content (AvgIpc) is 2.45. The smallest absolute Gasteiger partial charge is 0.320 e. The van der Waals surface area contributed by atoms with Crippen molar-refractivity contribution < 1.29 is 14.3 Å². The predicted octanol–water partition coefficient (Wildman–Crippen LogP) is 2.20. The molecule has 0 radical (unpaired) electrons. The van der Waals surface area contributed by atoms with Gasteiger partial charge in [-0.25, -0.2) is 4.39 Å². The Labute approximate surface area is 118 Å². The Kier molecular flexibility index (Phi) is 4.95. The van der Waals surface area contributed by atoms with Crippen LogP contribution >= 0.6 is 0 Å². The molecule has 0 aromatic heterocycles. The number of halogens is 1. The molecule has 1 aliphatic rings. The summed E-state index contributed by atoms with van der Waals surface area (Å²) in [6, 6.07) is 6.07. The Hall–Kier alpha value is -1.62. The molecule has 0 spiro atoms. The molecule has 4 nitrogen and oxygen atoms in total. The number of carboxylic acid groups (broad SMARTS) is 1. The molecule has 1 atom stereocenters. The quantitative estimate of drug-likeness (QED) is 0.898. The fraction of sp³-hybridized carbons (Fsp3) is 0.533. The lowest BCUT2D eigenvalue weighted by Crippen LogP contribution is -2.52. The molecule has 2 rings (SSSR count). The molecule has 1 aromatic carbocycles. The highest BCUT2D eigenvalue weighted by Gasteiger charge is 2.28. The van der Waals surface area contributed by atoms with Crippen molar-refractivity contribution >= 4 is 11.7 Å². The summed E-state index contributed by atoms with van der Waals surface area (Å²) in [4.78, 5) is 15.5. The maximum Gasteiger partial charge on any atom is 0.320 e. The van der Waals surface area contributed by atoms with E-state index >= 15 is 0 Å². The first-order chi connectivity index (χ1) is 9.61. The third kappa shape index (κ3) is 3.48. The van der Waals surface area contributed by atoms with Gasteiger partial charge in [-0.3, -0.25) is 9.69 Å². The number of aliphatic carboxylic acids is 1. The molecule has 1 aromatic rings. The van der Waals surface area contributed by atoms with Crippen LogP contribution in [-0.4, -0.2) is 48.2 Å². The normalized spacial score (nSPS) is 18.0. The van der Waals surface area contributed by atoms with Gasteiger partial charge in [0.05, 0.1) is 0 Å². The topological polar surface area (TPSA) is 43.8 Å². The van der Waals surface area contributed by atoms with Crippen LogP contribution in [0, 0.1) is 5.82 Å². The maximum absolute atomic E-state index is 12.9. The first-order valence-corrected chi connectivity index (χ1v) is 7.09. The molecular weight excluding hydrogens is 259 g/mol. The fourth-order valence-corrected chi connectivity index (χ4v) is 2.68. The third-order valence-electron chi connectivity index (χ3n) is 3.79. The summed E-state index contributed by atoms with van der Waals surface area (Å²) >= 11 is 0. The monoisotopic (exact) mass is 280 g/mol. The second-order valence-corrected chi connectivity index (χ2v) is 5.14. The molecule has 110 valence electrons. The fourth-order valence-electron chi connectivity index (χ4n) is 2.68. The first kappa shape index (κ1) is 14.8. The predicted molar refractivity (Wildman–Crippen MR) is 76.5 cm³/mol. The summed E-state index contributed by atoms with van der Waals surface area (Å²) in [6.45, 7) is 5.02. The molecule has 1 heterocycles. The van der Waals surface area contributed by atoms with Gasteiger partial charge in [-0.1, -0.05) is 13.3 Å². The van der Waals surface area contributed by atoms with Crippen LogP contribution in [0.5, 0.6) is 0 Å². The SMILES string of the molecule is CCCC(C(=O)O)N1CCN(c2ccc(F)cc2)CC1. The summed E-state index contributed by atoms with van der Waals surface area (Å²) < 4.78 is 12.9. The van der Waals surface area contributed by atoms with Crippen LogP contribution in [0.4, 0.5) is 10.1 Å². The van der Waals surface area contributed by atoms with Crippen molar-refractivity contribution in [2.24, 2.45) is 0 Å². The van der Waals surface area contributed by atoms with Crippen LogP contribution in [0.1, 0.15) is 19.8 Å². The molecule has 0 saturated carbocycles. The van der Waals surface area contributed by atoms with Crippen molar-refractivity contribution in [3.05, 3.63) is 30.1 Å². The minimum absolute atomic E-state index is 0.235. The molecule has 20 heavy (non-hydrogen) atoms. The van der Waals surface area contributed by atoms with Crippen LogP contribution in [0.15, 0.2) is 24.3 Å². The molecule has 5 heteroatoms. The van der Waals surface area contributed by atoms with Gasteiger partial charge < -0.3 is 10.0 Å². The van der Waals surface area contributed by atoms with E-state index in [1.54, 1.807) is 12.1 Å². The first-order valence-electron chi connectivity index (χ1n) is 7.09. The van der Waals surface area contributed by atoms with E-state index in [-0.39, 0.29) is 11.9 Å². The standard InChI is InChI=1S/C15H21FN2O2/c1-2-3-14(15(19)20)18-10-8-17(9-11-18)13-6-4-12(16)5-7-13/h4-7,14H,2-3,8-11H2,1H3,(H,19,20). The van der Waals surface area contributed by atoms with Gasteiger partial charge >= 0.3 is 5.97 Å². The van der Waals surface area contributed by atoms with Crippen LogP contribution in [0.2, 0.25) is 0 Å². The second-order valence-electron chi connectivity index (χ2n) is 5.14.